The molecule has 0 saturated carbocycles. The van der Waals surface area contributed by atoms with Crippen LogP contribution in [-0.4, -0.2) is 21.5 Å². The first-order valence-corrected chi connectivity index (χ1v) is 4.97. The third kappa shape index (κ3) is 2.29. The van der Waals surface area contributed by atoms with Crippen LogP contribution in [0.15, 0.2) is 35.6 Å². The highest BCUT2D eigenvalue weighted by molar-refractivity contribution is 7.80. The van der Waals surface area contributed by atoms with Crippen LogP contribution in [0.1, 0.15) is 5.69 Å². The number of benzene rings is 1. The smallest absolute Gasteiger partial charge is 0.184 e. The van der Waals surface area contributed by atoms with E-state index in [1.165, 1.54) is 6.21 Å². The van der Waals surface area contributed by atoms with Crippen LogP contribution in [0.4, 0.5) is 0 Å². The summed E-state index contributed by atoms with van der Waals surface area (Å²) in [6, 6.07) is 7.79. The highest BCUT2D eigenvalue weighted by Gasteiger charge is 1.99. The Bertz CT molecular complexity index is 546. The molecule has 1 aromatic heterocycles. The van der Waals surface area contributed by atoms with Gasteiger partial charge in [-0.2, -0.15) is 10.2 Å². The third-order valence-corrected chi connectivity index (χ3v) is 2.05. The van der Waals surface area contributed by atoms with E-state index in [-0.39, 0.29) is 5.11 Å². The van der Waals surface area contributed by atoms with E-state index in [1.54, 1.807) is 6.20 Å². The lowest BCUT2D eigenvalue weighted by Gasteiger charge is -1.99. The maximum Gasteiger partial charge on any atom is 0.184 e. The Kier molecular flexibility index (Phi) is 3.02. The number of thiocarbonyl (C=S) groups is 1. The number of rotatable bonds is 2. The van der Waals surface area contributed by atoms with Crippen molar-refractivity contribution in [3.8, 4) is 0 Å². The number of hydrogen-bond acceptors (Lipinski definition) is 4. The molecule has 5 nitrogen and oxygen atoms in total. The lowest BCUT2D eigenvalue weighted by atomic mass is 10.1. The Morgan fingerprint density at radius 1 is 1.44 bits per heavy atom. The summed E-state index contributed by atoms with van der Waals surface area (Å²) >= 11 is 4.62. The van der Waals surface area contributed by atoms with Crippen molar-refractivity contribution in [2.45, 2.75) is 0 Å². The number of hydrazone groups is 1. The predicted octanol–water partition coefficient (Wildman–Crippen LogP) is 0.797. The largest absolute Gasteiger partial charge is 0.375 e. The van der Waals surface area contributed by atoms with Crippen molar-refractivity contribution in [1.29, 1.82) is 0 Å². The van der Waals surface area contributed by atoms with Gasteiger partial charge in [0.15, 0.2) is 5.11 Å². The van der Waals surface area contributed by atoms with Gasteiger partial charge in [0, 0.05) is 10.8 Å². The Morgan fingerprint density at radius 2 is 2.25 bits per heavy atom. The lowest BCUT2D eigenvalue weighted by molar-refractivity contribution is 1.01. The van der Waals surface area contributed by atoms with Crippen molar-refractivity contribution in [2.24, 2.45) is 10.8 Å². The molecule has 0 saturated heterocycles. The maximum absolute atomic E-state index is 5.24. The zero-order valence-corrected chi connectivity index (χ0v) is 9.11. The van der Waals surface area contributed by atoms with E-state index in [4.69, 9.17) is 5.73 Å². The van der Waals surface area contributed by atoms with Gasteiger partial charge >= 0.3 is 0 Å². The van der Waals surface area contributed by atoms with E-state index in [0.29, 0.717) is 5.69 Å². The normalized spacial score (nSPS) is 10.8. The molecule has 2 aromatic rings. The Morgan fingerprint density at radius 3 is 3.06 bits per heavy atom. The summed E-state index contributed by atoms with van der Waals surface area (Å²) in [4.78, 5) is 0. The summed E-state index contributed by atoms with van der Waals surface area (Å²) in [5, 5.41) is 13.8. The molecule has 0 radical (unpaired) electrons. The molecule has 0 amide bonds. The molecule has 1 heterocycles. The van der Waals surface area contributed by atoms with Gasteiger partial charge in [-0.3, -0.25) is 5.43 Å². The molecule has 0 aliphatic rings. The SMILES string of the molecule is NC(=S)N/N=C/c1nncc2ccccc12. The van der Waals surface area contributed by atoms with E-state index < -0.39 is 0 Å². The van der Waals surface area contributed by atoms with E-state index in [0.717, 1.165) is 10.8 Å². The fraction of sp³-hybridized carbons (Fsp3) is 0. The number of nitrogens with zero attached hydrogens (tertiary/aromatic N) is 3. The highest BCUT2D eigenvalue weighted by Crippen LogP contribution is 2.13. The van der Waals surface area contributed by atoms with Crippen LogP contribution in [0.2, 0.25) is 0 Å². The zero-order chi connectivity index (χ0) is 11.4. The van der Waals surface area contributed by atoms with Crippen LogP contribution in [0.3, 0.4) is 0 Å². The first-order valence-electron chi connectivity index (χ1n) is 4.56. The first-order chi connectivity index (χ1) is 7.77. The molecule has 80 valence electrons. The third-order valence-electron chi connectivity index (χ3n) is 1.96. The average Bonchev–Trinajstić information content (AvgIpc) is 2.29. The molecule has 0 spiro atoms. The van der Waals surface area contributed by atoms with Crippen LogP contribution in [0.5, 0.6) is 0 Å². The molecule has 16 heavy (non-hydrogen) atoms. The number of nitrogens with two attached hydrogens (primary N) is 1. The van der Waals surface area contributed by atoms with Crippen molar-refractivity contribution >= 4 is 34.3 Å². The number of nitrogens with one attached hydrogen (secondary N) is 1. The molecule has 1 aromatic carbocycles. The second kappa shape index (κ2) is 4.63. The molecule has 6 heteroatoms. The average molecular weight is 231 g/mol. The lowest BCUT2D eigenvalue weighted by Crippen LogP contribution is -2.24. The van der Waals surface area contributed by atoms with Gasteiger partial charge in [0.1, 0.15) is 5.69 Å². The minimum Gasteiger partial charge on any atom is -0.375 e. The van der Waals surface area contributed by atoms with Gasteiger partial charge in [0.2, 0.25) is 0 Å². The monoisotopic (exact) mass is 231 g/mol. The van der Waals surface area contributed by atoms with Gasteiger partial charge < -0.3 is 5.73 Å². The minimum atomic E-state index is 0.115. The van der Waals surface area contributed by atoms with Crippen molar-refractivity contribution < 1.29 is 0 Å². The minimum absolute atomic E-state index is 0.115. The molecule has 0 aliphatic carbocycles. The van der Waals surface area contributed by atoms with Crippen LogP contribution in [-0.2, 0) is 0 Å². The van der Waals surface area contributed by atoms with E-state index >= 15 is 0 Å². The van der Waals surface area contributed by atoms with E-state index in [9.17, 15) is 0 Å². The molecular formula is C10H9N5S. The van der Waals surface area contributed by atoms with Crippen LogP contribution < -0.4 is 11.2 Å². The molecule has 2 rings (SSSR count). The fourth-order valence-corrected chi connectivity index (χ4v) is 1.36. The quantitative estimate of drug-likeness (QED) is 0.454. The molecule has 3 N–H and O–H groups in total. The summed E-state index contributed by atoms with van der Waals surface area (Å²) in [6.45, 7) is 0. The Labute approximate surface area is 97.4 Å². The van der Waals surface area contributed by atoms with E-state index in [2.05, 4.69) is 32.9 Å². The first kappa shape index (κ1) is 10.4. The molecule has 0 fully saturated rings. The van der Waals surface area contributed by atoms with Crippen LogP contribution in [0.25, 0.3) is 10.8 Å². The second-order valence-corrected chi connectivity index (χ2v) is 3.49. The number of hydrogen-bond donors (Lipinski definition) is 2. The van der Waals surface area contributed by atoms with Crippen molar-refractivity contribution in [1.82, 2.24) is 15.6 Å². The standard InChI is InChI=1S/C10H9N5S/c11-10(16)15-13-6-9-8-4-2-1-3-7(8)5-12-14-9/h1-6H,(H3,11,15,16)/b13-6+. The predicted molar refractivity (Wildman–Crippen MR) is 67.1 cm³/mol. The fourth-order valence-electron chi connectivity index (χ4n) is 1.30. The summed E-state index contributed by atoms with van der Waals surface area (Å²) in [5.74, 6) is 0. The van der Waals surface area contributed by atoms with Crippen molar-refractivity contribution in [3.05, 3.63) is 36.2 Å². The highest BCUT2D eigenvalue weighted by atomic mass is 32.1. The molecule has 0 bridgehead atoms. The number of aromatic nitrogens is 2. The summed E-state index contributed by atoms with van der Waals surface area (Å²) in [5.41, 5.74) is 8.38. The zero-order valence-electron chi connectivity index (χ0n) is 8.29. The van der Waals surface area contributed by atoms with Crippen molar-refractivity contribution in [3.63, 3.8) is 0 Å². The molecular weight excluding hydrogens is 222 g/mol. The summed E-state index contributed by atoms with van der Waals surface area (Å²) in [6.07, 6.45) is 3.24. The summed E-state index contributed by atoms with van der Waals surface area (Å²) < 4.78 is 0. The Hall–Kier alpha value is -2.08. The maximum atomic E-state index is 5.24. The topological polar surface area (TPSA) is 76.2 Å². The van der Waals surface area contributed by atoms with Gasteiger partial charge in [-0.25, -0.2) is 0 Å². The van der Waals surface area contributed by atoms with E-state index in [1.807, 2.05) is 24.3 Å². The van der Waals surface area contributed by atoms with Gasteiger partial charge in [-0.05, 0) is 12.2 Å². The van der Waals surface area contributed by atoms with Gasteiger partial charge in [-0.15, -0.1) is 5.10 Å². The Balaban J connectivity index is 2.37. The van der Waals surface area contributed by atoms with Crippen molar-refractivity contribution in [2.75, 3.05) is 0 Å². The van der Waals surface area contributed by atoms with Gasteiger partial charge in [-0.1, -0.05) is 24.3 Å². The van der Waals surface area contributed by atoms with Crippen LogP contribution >= 0.6 is 12.2 Å². The number of fused-ring (bicyclic) bond motifs is 1. The molecule has 0 aliphatic heterocycles. The summed E-state index contributed by atoms with van der Waals surface area (Å²) in [7, 11) is 0. The van der Waals surface area contributed by atoms with Gasteiger partial charge in [0.05, 0.1) is 12.4 Å². The molecule has 0 atom stereocenters. The second-order valence-electron chi connectivity index (χ2n) is 3.05. The molecule has 0 unspecified atom stereocenters. The van der Waals surface area contributed by atoms with Gasteiger partial charge in [0.25, 0.3) is 0 Å². The van der Waals surface area contributed by atoms with Crippen LogP contribution in [0, 0.1) is 0 Å².